The molecule has 0 saturated carbocycles. The first-order valence-electron chi connectivity index (χ1n) is 14.1. The van der Waals surface area contributed by atoms with E-state index in [0.29, 0.717) is 21.9 Å². The maximum Gasteiger partial charge on any atom is 0.209 e. The van der Waals surface area contributed by atoms with Crippen LogP contribution in [-0.2, 0) is 21.1 Å². The van der Waals surface area contributed by atoms with Crippen molar-refractivity contribution >= 4 is 15.4 Å². The largest absolute Gasteiger partial charge is 0.496 e. The van der Waals surface area contributed by atoms with Gasteiger partial charge in [0.15, 0.2) is 0 Å². The molecule has 0 fully saturated rings. The lowest BCUT2D eigenvalue weighted by Crippen LogP contribution is -2.45. The number of rotatable bonds is 13. The number of quaternary nitrogens is 1. The van der Waals surface area contributed by atoms with E-state index in [1.165, 1.54) is 5.56 Å². The van der Waals surface area contributed by atoms with E-state index in [2.05, 4.69) is 25.2 Å². The highest BCUT2D eigenvalue weighted by molar-refractivity contribution is 7.91. The number of hydrogen-bond acceptors (Lipinski definition) is 5. The van der Waals surface area contributed by atoms with E-state index in [0.717, 1.165) is 53.9 Å². The molecule has 0 aliphatic rings. The molecule has 0 spiro atoms. The van der Waals surface area contributed by atoms with Crippen molar-refractivity contribution in [2.75, 3.05) is 41.0 Å². The molecule has 8 heteroatoms. The van der Waals surface area contributed by atoms with Crippen LogP contribution in [-0.4, -0.2) is 58.4 Å². The Morgan fingerprint density at radius 1 is 0.951 bits per heavy atom. The highest BCUT2D eigenvalue weighted by atomic mass is 32.2. The summed E-state index contributed by atoms with van der Waals surface area (Å²) in [5, 5.41) is 0. The second-order valence-corrected chi connectivity index (χ2v) is 13.1. The third kappa shape index (κ3) is 6.77. The Morgan fingerprint density at radius 3 is 2.34 bits per heavy atom. The molecular formula is C33H43N2O5S+. The maximum absolute atomic E-state index is 13.8. The lowest BCUT2D eigenvalue weighted by molar-refractivity contribution is -1.09. The van der Waals surface area contributed by atoms with E-state index in [-0.39, 0.29) is 10.8 Å². The van der Waals surface area contributed by atoms with Crippen LogP contribution in [0.4, 0.5) is 0 Å². The van der Waals surface area contributed by atoms with Crippen LogP contribution in [0.2, 0.25) is 0 Å². The van der Waals surface area contributed by atoms with Crippen LogP contribution in [0.25, 0.3) is 5.52 Å². The molecule has 2 aromatic carbocycles. The van der Waals surface area contributed by atoms with Gasteiger partial charge in [0.05, 0.1) is 38.3 Å². The molecule has 2 heterocycles. The fraction of sp³-hybridized carbons (Fsp3) is 0.394. The third-order valence-electron chi connectivity index (χ3n) is 7.84. The number of nitrogens with zero attached hydrogens (tertiary/aromatic N) is 2. The van der Waals surface area contributed by atoms with Gasteiger partial charge in [0.2, 0.25) is 9.84 Å². The van der Waals surface area contributed by atoms with Crippen LogP contribution in [0.1, 0.15) is 48.4 Å². The van der Waals surface area contributed by atoms with Crippen LogP contribution in [0.15, 0.2) is 76.8 Å². The van der Waals surface area contributed by atoms with Crippen molar-refractivity contribution < 1.29 is 27.4 Å². The van der Waals surface area contributed by atoms with Crippen LogP contribution in [0, 0.1) is 13.8 Å². The van der Waals surface area contributed by atoms with Crippen LogP contribution < -0.4 is 9.47 Å². The number of aryl methyl sites for hydroxylation is 2. The van der Waals surface area contributed by atoms with Gasteiger partial charge in [0.25, 0.3) is 0 Å². The fourth-order valence-electron chi connectivity index (χ4n) is 5.18. The molecule has 0 radical (unpaired) electrons. The van der Waals surface area contributed by atoms with Crippen molar-refractivity contribution in [2.45, 2.75) is 56.2 Å². The number of pyridine rings is 1. The Kier molecular flexibility index (Phi) is 9.47. The first-order chi connectivity index (χ1) is 19.5. The van der Waals surface area contributed by atoms with Crippen molar-refractivity contribution in [2.24, 2.45) is 0 Å². The van der Waals surface area contributed by atoms with Gasteiger partial charge in [-0.15, -0.1) is 0 Å². The summed E-state index contributed by atoms with van der Waals surface area (Å²) in [7, 11) is 1.78. The summed E-state index contributed by atoms with van der Waals surface area (Å²) in [4.78, 5) is 6.48. The smallest absolute Gasteiger partial charge is 0.209 e. The van der Waals surface area contributed by atoms with Crippen molar-refractivity contribution in [3.05, 3.63) is 89.2 Å². The van der Waals surface area contributed by atoms with Crippen LogP contribution in [0.5, 0.6) is 11.5 Å². The van der Waals surface area contributed by atoms with Gasteiger partial charge in [-0.3, -0.25) is 0 Å². The third-order valence-corrected chi connectivity index (χ3v) is 9.70. The van der Waals surface area contributed by atoms with Crippen molar-refractivity contribution in [3.63, 3.8) is 0 Å². The summed E-state index contributed by atoms with van der Waals surface area (Å²) in [6.07, 6.45) is 5.49. The average Bonchev–Trinajstić information content (AvgIpc) is 3.38. The zero-order chi connectivity index (χ0) is 29.8. The molecule has 4 aromatic rings. The summed E-state index contributed by atoms with van der Waals surface area (Å²) in [6, 6.07) is 16.9. The topological polar surface area (TPSA) is 66.2 Å². The summed E-state index contributed by atoms with van der Waals surface area (Å²) >= 11 is 0. The van der Waals surface area contributed by atoms with E-state index < -0.39 is 9.84 Å². The number of hydrogen-bond donors (Lipinski definition) is 0. The molecular weight excluding hydrogens is 536 g/mol. The van der Waals surface area contributed by atoms with Gasteiger partial charge in [0.1, 0.15) is 29.5 Å². The number of sulfone groups is 1. The molecule has 0 N–H and O–H groups in total. The number of hydroxylamine groups is 3. The van der Waals surface area contributed by atoms with Crippen LogP contribution in [0.3, 0.4) is 0 Å². The molecule has 4 rings (SSSR count). The minimum Gasteiger partial charge on any atom is -0.496 e. The van der Waals surface area contributed by atoms with Gasteiger partial charge in [0, 0.05) is 25.2 Å². The molecule has 0 saturated heterocycles. The number of likely N-dealkylation sites (N-methyl/N-ethyl adjacent to an activating group) is 1. The second kappa shape index (κ2) is 12.7. The number of benzene rings is 2. The summed E-state index contributed by atoms with van der Waals surface area (Å²) in [5.41, 5.74) is 4.82. The predicted octanol–water partition coefficient (Wildman–Crippen LogP) is 6.54. The number of ether oxygens (including phenoxy) is 2. The van der Waals surface area contributed by atoms with Gasteiger partial charge >= 0.3 is 0 Å². The molecule has 1 unspecified atom stereocenters. The van der Waals surface area contributed by atoms with Gasteiger partial charge in [-0.2, -0.15) is 4.65 Å². The highest BCUT2D eigenvalue weighted by Crippen LogP contribution is 2.35. The van der Waals surface area contributed by atoms with Gasteiger partial charge < -0.3 is 13.9 Å². The van der Waals surface area contributed by atoms with E-state index in [1.54, 1.807) is 38.5 Å². The monoisotopic (exact) mass is 579 g/mol. The molecule has 7 nitrogen and oxygen atoms in total. The number of methoxy groups -OCH3 is 1. The Hall–Kier alpha value is -3.33. The molecule has 41 heavy (non-hydrogen) atoms. The van der Waals surface area contributed by atoms with Gasteiger partial charge in [-0.25, -0.2) is 13.3 Å². The van der Waals surface area contributed by atoms with E-state index in [4.69, 9.17) is 14.3 Å². The zero-order valence-corrected chi connectivity index (χ0v) is 26.1. The van der Waals surface area contributed by atoms with Gasteiger partial charge in [-0.1, -0.05) is 32.0 Å². The molecule has 0 aliphatic heterocycles. The van der Waals surface area contributed by atoms with Crippen molar-refractivity contribution in [3.8, 4) is 11.5 Å². The first-order valence-corrected chi connectivity index (χ1v) is 15.6. The highest BCUT2D eigenvalue weighted by Gasteiger charge is 2.28. The average molecular weight is 580 g/mol. The SMILES string of the molecule is COc1cc(CC[N+](C)(CCCOc2ccc(S(=O)(=O)c3c(C(C)C)cn4cccc(C)c34)cc2)OC)ccc1C. The zero-order valence-electron chi connectivity index (χ0n) is 25.3. The number of fused-ring (bicyclic) bond motifs is 1. The van der Waals surface area contributed by atoms with Gasteiger partial charge in [-0.05, 0) is 78.4 Å². The molecule has 1 atom stereocenters. The molecule has 0 aliphatic carbocycles. The van der Waals surface area contributed by atoms with Crippen molar-refractivity contribution in [1.82, 2.24) is 4.40 Å². The minimum atomic E-state index is -3.72. The van der Waals surface area contributed by atoms with E-state index in [9.17, 15) is 8.42 Å². The fourth-order valence-corrected chi connectivity index (χ4v) is 7.03. The minimum absolute atomic E-state index is 0.0672. The Bertz CT molecular complexity index is 1590. The Balaban J connectivity index is 1.38. The Labute approximate surface area is 244 Å². The maximum atomic E-state index is 13.8. The predicted molar refractivity (Wildman–Crippen MR) is 163 cm³/mol. The summed E-state index contributed by atoms with van der Waals surface area (Å²) in [6.45, 7) is 10.1. The van der Waals surface area contributed by atoms with Crippen molar-refractivity contribution in [1.29, 1.82) is 0 Å². The summed E-state index contributed by atoms with van der Waals surface area (Å²) < 4.78 is 41.5. The molecule has 2 aromatic heterocycles. The lowest BCUT2D eigenvalue weighted by atomic mass is 10.1. The van der Waals surface area contributed by atoms with E-state index >= 15 is 0 Å². The molecule has 220 valence electrons. The molecule has 0 amide bonds. The quantitative estimate of drug-likeness (QED) is 0.102. The number of aromatic nitrogens is 1. The van der Waals surface area contributed by atoms with Crippen LogP contribution >= 0.6 is 0 Å². The standard InChI is InChI=1S/C33H43N2O5S/c1-24(2)30-23-34-18-8-10-26(4)32(34)33(30)41(36,37)29-15-13-28(14-16-29)40-21-9-19-35(5,39-7)20-17-27-12-11-25(3)31(22-27)38-6/h8,10-16,18,22-24H,9,17,19-21H2,1-7H3/q+1. The lowest BCUT2D eigenvalue weighted by Gasteiger charge is -2.30. The first kappa shape index (κ1) is 30.6. The second-order valence-electron chi connectivity index (χ2n) is 11.2. The normalized spacial score (nSPS) is 13.5. The summed E-state index contributed by atoms with van der Waals surface area (Å²) in [5.74, 6) is 1.61. The van der Waals surface area contributed by atoms with E-state index in [1.807, 2.05) is 56.6 Å². The Morgan fingerprint density at radius 2 is 1.68 bits per heavy atom. The molecule has 0 bridgehead atoms.